The molecule has 0 heterocycles. The van der Waals surface area contributed by atoms with Gasteiger partial charge < -0.3 is 14.6 Å². The van der Waals surface area contributed by atoms with Crippen molar-refractivity contribution >= 4 is 6.29 Å². The predicted octanol–water partition coefficient (Wildman–Crippen LogP) is 1.20. The first kappa shape index (κ1) is 13.4. The number of hydrogen-bond donors (Lipinski definition) is 2. The maximum Gasteiger partial charge on any atom is 0.214 e. The molecule has 1 aliphatic carbocycles. The lowest BCUT2D eigenvalue weighted by molar-refractivity contribution is -0.187. The highest BCUT2D eigenvalue weighted by Gasteiger charge is 2.25. The summed E-state index contributed by atoms with van der Waals surface area (Å²) in [6.45, 7) is 5.61. The van der Waals surface area contributed by atoms with Crippen molar-refractivity contribution in [2.24, 2.45) is 5.92 Å². The summed E-state index contributed by atoms with van der Waals surface area (Å²) in [7, 11) is 0. The Morgan fingerprint density at radius 2 is 2.06 bits per heavy atom. The zero-order valence-corrected chi connectivity index (χ0v) is 10.1. The third kappa shape index (κ3) is 4.43. The normalized spacial score (nSPS) is 27.8. The van der Waals surface area contributed by atoms with Crippen LogP contribution in [0.2, 0.25) is 0 Å². The van der Waals surface area contributed by atoms with Crippen LogP contribution in [0.5, 0.6) is 0 Å². The quantitative estimate of drug-likeness (QED) is 0.430. The average Bonchev–Trinajstić information content (AvgIpc) is 2.15. The molecule has 0 aromatic heterocycles. The van der Waals surface area contributed by atoms with Gasteiger partial charge in [-0.2, -0.15) is 0 Å². The second-order valence-electron chi connectivity index (χ2n) is 5.10. The number of ether oxygens (including phenoxy) is 1. The molecule has 1 aliphatic rings. The fourth-order valence-corrected chi connectivity index (χ4v) is 1.73. The minimum atomic E-state index is -1.03. The summed E-state index contributed by atoms with van der Waals surface area (Å²) >= 11 is 0. The van der Waals surface area contributed by atoms with Crippen LogP contribution in [0.1, 0.15) is 33.6 Å². The minimum Gasteiger partial charge on any atom is -0.356 e. The van der Waals surface area contributed by atoms with Crippen molar-refractivity contribution < 1.29 is 14.6 Å². The number of nitrogens with one attached hydrogen (secondary N) is 1. The Labute approximate surface area is 96.7 Å². The van der Waals surface area contributed by atoms with Gasteiger partial charge in [-0.05, 0) is 33.6 Å². The first-order chi connectivity index (χ1) is 7.42. The molecular weight excluding hydrogens is 206 g/mol. The van der Waals surface area contributed by atoms with E-state index < -0.39 is 12.0 Å². The topological polar surface area (TPSA) is 58.6 Å². The van der Waals surface area contributed by atoms with E-state index in [4.69, 9.17) is 4.74 Å². The van der Waals surface area contributed by atoms with E-state index in [1.54, 1.807) is 0 Å². The molecule has 3 unspecified atom stereocenters. The lowest BCUT2D eigenvalue weighted by Crippen LogP contribution is -2.47. The highest BCUT2D eigenvalue weighted by Crippen LogP contribution is 2.18. The molecule has 4 nitrogen and oxygen atoms in total. The van der Waals surface area contributed by atoms with Gasteiger partial charge in [-0.1, -0.05) is 12.2 Å². The van der Waals surface area contributed by atoms with Crippen molar-refractivity contribution in [1.82, 2.24) is 5.32 Å². The monoisotopic (exact) mass is 227 g/mol. The molecule has 0 saturated carbocycles. The highest BCUT2D eigenvalue weighted by atomic mass is 16.6. The standard InChI is InChI=1S/C12H21NO3/c1-12(2,3)16-11(15)13-10-7-5-4-6-9(10)8-14/h4-5,8-11,13,15H,6-7H2,1-3H3. The summed E-state index contributed by atoms with van der Waals surface area (Å²) in [4.78, 5) is 10.8. The minimum absolute atomic E-state index is 0.0418. The molecule has 0 spiro atoms. The molecule has 0 bridgehead atoms. The lowest BCUT2D eigenvalue weighted by Gasteiger charge is -2.31. The molecule has 0 aromatic carbocycles. The summed E-state index contributed by atoms with van der Waals surface area (Å²) in [6.07, 6.45) is 5.39. The fourth-order valence-electron chi connectivity index (χ4n) is 1.73. The maximum atomic E-state index is 10.8. The highest BCUT2D eigenvalue weighted by molar-refractivity contribution is 5.55. The van der Waals surface area contributed by atoms with Gasteiger partial charge in [0.2, 0.25) is 6.41 Å². The van der Waals surface area contributed by atoms with E-state index in [1.807, 2.05) is 32.9 Å². The third-order valence-electron chi connectivity index (χ3n) is 2.48. The van der Waals surface area contributed by atoms with Gasteiger partial charge in [-0.25, -0.2) is 0 Å². The molecule has 0 aromatic rings. The number of aldehydes is 1. The molecule has 2 N–H and O–H groups in total. The van der Waals surface area contributed by atoms with Gasteiger partial charge in [0.15, 0.2) is 0 Å². The molecule has 92 valence electrons. The lowest BCUT2D eigenvalue weighted by atomic mass is 9.90. The first-order valence-electron chi connectivity index (χ1n) is 5.64. The Morgan fingerprint density at radius 3 is 2.62 bits per heavy atom. The Morgan fingerprint density at radius 1 is 1.44 bits per heavy atom. The molecular formula is C12H21NO3. The molecule has 1 rings (SSSR count). The zero-order chi connectivity index (χ0) is 12.2. The number of hydrogen-bond acceptors (Lipinski definition) is 4. The predicted molar refractivity (Wildman–Crippen MR) is 61.7 cm³/mol. The summed E-state index contributed by atoms with van der Waals surface area (Å²) in [5.74, 6) is -0.0804. The number of carbonyl (C=O) groups excluding carboxylic acids is 1. The van der Waals surface area contributed by atoms with Crippen LogP contribution in [-0.2, 0) is 9.53 Å². The SMILES string of the molecule is CC(C)(C)OC(O)NC1CC=CCC1C=O. The van der Waals surface area contributed by atoms with Crippen molar-refractivity contribution in [1.29, 1.82) is 0 Å². The third-order valence-corrected chi connectivity index (χ3v) is 2.48. The van der Waals surface area contributed by atoms with Gasteiger partial charge in [0.05, 0.1) is 5.60 Å². The van der Waals surface area contributed by atoms with Gasteiger partial charge in [-0.3, -0.25) is 5.32 Å². The Hall–Kier alpha value is -0.710. The van der Waals surface area contributed by atoms with Gasteiger partial charge >= 0.3 is 0 Å². The van der Waals surface area contributed by atoms with Crippen LogP contribution in [0.15, 0.2) is 12.2 Å². The Kier molecular flexibility index (Phi) is 4.65. The fraction of sp³-hybridized carbons (Fsp3) is 0.750. The number of allylic oxidation sites excluding steroid dienone is 1. The van der Waals surface area contributed by atoms with Crippen molar-refractivity contribution in [3.63, 3.8) is 0 Å². The van der Waals surface area contributed by atoms with Crippen molar-refractivity contribution in [3.8, 4) is 0 Å². The number of rotatable bonds is 4. The summed E-state index contributed by atoms with van der Waals surface area (Å²) in [5.41, 5.74) is -0.409. The van der Waals surface area contributed by atoms with Crippen LogP contribution in [0.25, 0.3) is 0 Å². The van der Waals surface area contributed by atoms with E-state index in [1.165, 1.54) is 0 Å². The molecule has 3 atom stereocenters. The summed E-state index contributed by atoms with van der Waals surface area (Å²) < 4.78 is 5.34. The van der Waals surface area contributed by atoms with Crippen molar-refractivity contribution in [2.45, 2.75) is 51.7 Å². The van der Waals surface area contributed by atoms with Crippen molar-refractivity contribution in [3.05, 3.63) is 12.2 Å². The van der Waals surface area contributed by atoms with Crippen LogP contribution in [0.3, 0.4) is 0 Å². The number of aliphatic hydroxyl groups excluding tert-OH is 1. The van der Waals surface area contributed by atoms with Crippen LogP contribution in [0.4, 0.5) is 0 Å². The molecule has 16 heavy (non-hydrogen) atoms. The average molecular weight is 227 g/mol. The maximum absolute atomic E-state index is 10.8. The van der Waals surface area contributed by atoms with E-state index in [-0.39, 0.29) is 12.0 Å². The van der Waals surface area contributed by atoms with Crippen LogP contribution >= 0.6 is 0 Å². The molecule has 4 heteroatoms. The van der Waals surface area contributed by atoms with E-state index >= 15 is 0 Å². The smallest absolute Gasteiger partial charge is 0.214 e. The summed E-state index contributed by atoms with van der Waals surface area (Å²) in [6, 6.07) is -0.0418. The van der Waals surface area contributed by atoms with Crippen molar-refractivity contribution in [2.75, 3.05) is 0 Å². The van der Waals surface area contributed by atoms with Gasteiger partial charge in [0.25, 0.3) is 0 Å². The van der Waals surface area contributed by atoms with E-state index in [0.717, 1.165) is 19.1 Å². The van der Waals surface area contributed by atoms with E-state index in [9.17, 15) is 9.90 Å². The molecule has 0 fully saturated rings. The Balaban J connectivity index is 2.46. The first-order valence-corrected chi connectivity index (χ1v) is 5.64. The number of carbonyl (C=O) groups is 1. The van der Waals surface area contributed by atoms with Gasteiger partial charge in [0.1, 0.15) is 6.29 Å². The van der Waals surface area contributed by atoms with Crippen LogP contribution in [0, 0.1) is 5.92 Å². The van der Waals surface area contributed by atoms with E-state index in [2.05, 4.69) is 5.32 Å². The molecule has 0 aliphatic heterocycles. The zero-order valence-electron chi connectivity index (χ0n) is 10.1. The number of aliphatic hydroxyl groups is 1. The largest absolute Gasteiger partial charge is 0.356 e. The van der Waals surface area contributed by atoms with E-state index in [0.29, 0.717) is 0 Å². The van der Waals surface area contributed by atoms with Crippen LogP contribution < -0.4 is 5.32 Å². The molecule has 0 amide bonds. The molecule has 0 radical (unpaired) electrons. The molecule has 0 saturated heterocycles. The van der Waals surface area contributed by atoms with Gasteiger partial charge in [-0.15, -0.1) is 0 Å². The summed E-state index contributed by atoms with van der Waals surface area (Å²) in [5, 5.41) is 12.6. The second-order valence-corrected chi connectivity index (χ2v) is 5.10. The van der Waals surface area contributed by atoms with Gasteiger partial charge in [0, 0.05) is 12.0 Å². The Bertz CT molecular complexity index is 257. The second kappa shape index (κ2) is 5.57. The van der Waals surface area contributed by atoms with Crippen LogP contribution in [-0.4, -0.2) is 29.4 Å².